The van der Waals surface area contributed by atoms with Gasteiger partial charge in [0.15, 0.2) is 0 Å². The van der Waals surface area contributed by atoms with Gasteiger partial charge in [-0.05, 0) is 56.4 Å². The third-order valence-corrected chi connectivity index (χ3v) is 5.09. The molecule has 0 radical (unpaired) electrons. The lowest BCUT2D eigenvalue weighted by molar-refractivity contribution is 0.209. The number of rotatable bonds is 5. The van der Waals surface area contributed by atoms with E-state index in [9.17, 15) is 4.79 Å². The number of primary amides is 1. The molecule has 1 amide bonds. The summed E-state index contributed by atoms with van der Waals surface area (Å²) in [6.45, 7) is 5.79. The molecule has 2 aromatic rings. The highest BCUT2D eigenvalue weighted by molar-refractivity contribution is 5.93. The Morgan fingerprint density at radius 2 is 1.96 bits per heavy atom. The van der Waals surface area contributed by atoms with Gasteiger partial charge in [0.2, 0.25) is 0 Å². The Balaban J connectivity index is 1.74. The van der Waals surface area contributed by atoms with Gasteiger partial charge in [0.05, 0.1) is 5.52 Å². The third kappa shape index (κ3) is 3.42. The van der Waals surface area contributed by atoms with E-state index < -0.39 is 6.03 Å². The van der Waals surface area contributed by atoms with E-state index in [0.29, 0.717) is 5.92 Å². The molecule has 4 nitrogen and oxygen atoms in total. The molecule has 3 rings (SSSR count). The second kappa shape index (κ2) is 7.18. The van der Waals surface area contributed by atoms with Gasteiger partial charge in [-0.1, -0.05) is 38.0 Å². The molecule has 1 aromatic carbocycles. The van der Waals surface area contributed by atoms with Crippen LogP contribution in [0.1, 0.15) is 50.5 Å². The largest absolute Gasteiger partial charge is 0.351 e. The number of unbranched alkanes of at least 4 members (excludes halogenated alkanes) is 2. The number of benzene rings is 1. The lowest BCUT2D eigenvalue weighted by Crippen LogP contribution is -2.33. The number of nitrogens with two attached hydrogens (primary N) is 1. The molecule has 1 saturated heterocycles. The molecule has 1 aliphatic heterocycles. The predicted molar refractivity (Wildman–Crippen MR) is 94.9 cm³/mol. The van der Waals surface area contributed by atoms with Crippen LogP contribution in [0.25, 0.3) is 10.9 Å². The average molecular weight is 313 g/mol. The van der Waals surface area contributed by atoms with E-state index in [4.69, 9.17) is 5.73 Å². The number of carbonyl (C=O) groups excluding carboxylic acids is 1. The number of likely N-dealkylation sites (tertiary alicyclic amines) is 1. The van der Waals surface area contributed by atoms with Crippen LogP contribution in [0.4, 0.5) is 4.79 Å². The molecule has 0 bridgehead atoms. The van der Waals surface area contributed by atoms with Crippen LogP contribution >= 0.6 is 0 Å². The zero-order chi connectivity index (χ0) is 16.2. The minimum atomic E-state index is -0.399. The van der Waals surface area contributed by atoms with E-state index in [1.807, 2.05) is 24.4 Å². The molecule has 0 saturated carbocycles. The maximum Gasteiger partial charge on any atom is 0.323 e. The van der Waals surface area contributed by atoms with Gasteiger partial charge in [0, 0.05) is 11.6 Å². The van der Waals surface area contributed by atoms with Crippen LogP contribution in [-0.4, -0.2) is 35.1 Å². The van der Waals surface area contributed by atoms with Crippen molar-refractivity contribution < 1.29 is 4.79 Å². The Hall–Kier alpha value is -1.81. The molecule has 0 aliphatic carbocycles. The Morgan fingerprint density at radius 3 is 2.65 bits per heavy atom. The summed E-state index contributed by atoms with van der Waals surface area (Å²) in [5.41, 5.74) is 7.74. The normalized spacial score (nSPS) is 16.9. The molecule has 1 fully saturated rings. The first kappa shape index (κ1) is 16.1. The molecule has 0 atom stereocenters. The van der Waals surface area contributed by atoms with Crippen LogP contribution in [0.15, 0.2) is 30.5 Å². The summed E-state index contributed by atoms with van der Waals surface area (Å²) in [6, 6.07) is 7.68. The Bertz CT molecular complexity index is 668. The summed E-state index contributed by atoms with van der Waals surface area (Å²) < 4.78 is 1.60. The fraction of sp³-hybridized carbons (Fsp3) is 0.526. The highest BCUT2D eigenvalue weighted by Crippen LogP contribution is 2.34. The number of carbonyl (C=O) groups is 1. The number of fused-ring (bicyclic) bond motifs is 1. The van der Waals surface area contributed by atoms with Crippen molar-refractivity contribution in [2.45, 2.75) is 44.9 Å². The van der Waals surface area contributed by atoms with Gasteiger partial charge in [-0.25, -0.2) is 4.79 Å². The number of aromatic nitrogens is 1. The lowest BCUT2D eigenvalue weighted by Gasteiger charge is -2.31. The second-order valence-electron chi connectivity index (χ2n) is 6.63. The fourth-order valence-electron chi connectivity index (χ4n) is 3.77. The lowest BCUT2D eigenvalue weighted by atomic mass is 9.89. The molecule has 124 valence electrons. The van der Waals surface area contributed by atoms with Crippen molar-refractivity contribution in [3.8, 4) is 0 Å². The molecule has 0 unspecified atom stereocenters. The summed E-state index contributed by atoms with van der Waals surface area (Å²) in [5, 5.41) is 1.18. The van der Waals surface area contributed by atoms with E-state index in [1.54, 1.807) is 4.57 Å². The summed E-state index contributed by atoms with van der Waals surface area (Å²) in [6.07, 6.45) is 8.21. The minimum absolute atomic E-state index is 0.399. The fourth-order valence-corrected chi connectivity index (χ4v) is 3.77. The first-order valence-corrected chi connectivity index (χ1v) is 8.83. The van der Waals surface area contributed by atoms with Crippen LogP contribution in [0.2, 0.25) is 0 Å². The first-order chi connectivity index (χ1) is 11.2. The SMILES string of the molecule is CCCCCN1CCC(c2cn(C(N)=O)c3ccccc23)CC1. The van der Waals surface area contributed by atoms with Crippen molar-refractivity contribution in [2.24, 2.45) is 5.73 Å². The van der Waals surface area contributed by atoms with Gasteiger partial charge >= 0.3 is 6.03 Å². The van der Waals surface area contributed by atoms with Gasteiger partial charge in [0.25, 0.3) is 0 Å². The smallest absolute Gasteiger partial charge is 0.323 e. The monoisotopic (exact) mass is 313 g/mol. The van der Waals surface area contributed by atoms with Gasteiger partial charge in [-0.3, -0.25) is 4.57 Å². The molecule has 2 N–H and O–H groups in total. The summed E-state index contributed by atoms with van der Waals surface area (Å²) >= 11 is 0. The molecule has 4 heteroatoms. The van der Waals surface area contributed by atoms with E-state index in [2.05, 4.69) is 17.9 Å². The average Bonchev–Trinajstić information content (AvgIpc) is 2.96. The summed E-state index contributed by atoms with van der Waals surface area (Å²) in [7, 11) is 0. The van der Waals surface area contributed by atoms with E-state index >= 15 is 0 Å². The first-order valence-electron chi connectivity index (χ1n) is 8.83. The highest BCUT2D eigenvalue weighted by Gasteiger charge is 2.24. The van der Waals surface area contributed by atoms with Crippen LogP contribution in [0.5, 0.6) is 0 Å². The van der Waals surface area contributed by atoms with Crippen molar-refractivity contribution in [2.75, 3.05) is 19.6 Å². The van der Waals surface area contributed by atoms with Crippen molar-refractivity contribution in [1.29, 1.82) is 0 Å². The number of hydrogen-bond donors (Lipinski definition) is 1. The zero-order valence-corrected chi connectivity index (χ0v) is 14.0. The molecule has 23 heavy (non-hydrogen) atoms. The number of piperidine rings is 1. The third-order valence-electron chi connectivity index (χ3n) is 5.09. The molecular weight excluding hydrogens is 286 g/mol. The van der Waals surface area contributed by atoms with Crippen LogP contribution in [-0.2, 0) is 0 Å². The molecule has 2 heterocycles. The van der Waals surface area contributed by atoms with E-state index in [0.717, 1.165) is 18.6 Å². The van der Waals surface area contributed by atoms with Crippen LogP contribution < -0.4 is 5.73 Å². The number of para-hydroxylation sites is 1. The summed E-state index contributed by atoms with van der Waals surface area (Å²) in [4.78, 5) is 14.3. The van der Waals surface area contributed by atoms with Crippen LogP contribution in [0, 0.1) is 0 Å². The second-order valence-corrected chi connectivity index (χ2v) is 6.63. The zero-order valence-electron chi connectivity index (χ0n) is 14.0. The van der Waals surface area contributed by atoms with Crippen molar-refractivity contribution in [1.82, 2.24) is 9.47 Å². The maximum atomic E-state index is 11.7. The van der Waals surface area contributed by atoms with Gasteiger partial charge < -0.3 is 10.6 Å². The predicted octanol–water partition coefficient (Wildman–Crippen LogP) is 3.94. The van der Waals surface area contributed by atoms with E-state index in [-0.39, 0.29) is 0 Å². The highest BCUT2D eigenvalue weighted by atomic mass is 16.2. The Morgan fingerprint density at radius 1 is 1.22 bits per heavy atom. The Labute approximate surface area is 138 Å². The standard InChI is InChI=1S/C19H27N3O/c1-2-3-6-11-21-12-9-15(10-13-21)17-14-22(19(20)23)18-8-5-4-7-16(17)18/h4-5,7-8,14-15H,2-3,6,9-13H2,1H3,(H2,20,23). The topological polar surface area (TPSA) is 51.3 Å². The Kier molecular flexibility index (Phi) is 5.01. The van der Waals surface area contributed by atoms with Crippen LogP contribution in [0.3, 0.4) is 0 Å². The van der Waals surface area contributed by atoms with Gasteiger partial charge in [-0.15, -0.1) is 0 Å². The minimum Gasteiger partial charge on any atom is -0.351 e. The quantitative estimate of drug-likeness (QED) is 0.850. The van der Waals surface area contributed by atoms with Crippen molar-refractivity contribution in [3.63, 3.8) is 0 Å². The van der Waals surface area contributed by atoms with Crippen molar-refractivity contribution in [3.05, 3.63) is 36.0 Å². The molecule has 0 spiro atoms. The number of hydrogen-bond acceptors (Lipinski definition) is 2. The molecule has 1 aliphatic rings. The summed E-state index contributed by atoms with van der Waals surface area (Å²) in [5.74, 6) is 0.530. The number of nitrogens with zero attached hydrogens (tertiary/aromatic N) is 2. The number of amides is 1. The van der Waals surface area contributed by atoms with Gasteiger partial charge in [-0.2, -0.15) is 0 Å². The van der Waals surface area contributed by atoms with Gasteiger partial charge in [0.1, 0.15) is 0 Å². The maximum absolute atomic E-state index is 11.7. The van der Waals surface area contributed by atoms with Crippen molar-refractivity contribution >= 4 is 16.9 Å². The van der Waals surface area contributed by atoms with E-state index in [1.165, 1.54) is 49.6 Å². The molecular formula is C19H27N3O. The molecule has 1 aromatic heterocycles.